The molecule has 3 nitrogen and oxygen atoms in total. The Balaban J connectivity index is 1.80. The fraction of sp³-hybridized carbons (Fsp3) is 0.471. The summed E-state index contributed by atoms with van der Waals surface area (Å²) in [7, 11) is 2.00. The van der Waals surface area contributed by atoms with Crippen LogP contribution in [0, 0.1) is 6.92 Å². The number of hydrogen-bond donors (Lipinski definition) is 0. The minimum Gasteiger partial charge on any atom is -0.378 e. The van der Waals surface area contributed by atoms with Crippen molar-refractivity contribution < 1.29 is 9.53 Å². The van der Waals surface area contributed by atoms with Gasteiger partial charge < -0.3 is 9.30 Å². The molecule has 106 valence electrons. The van der Waals surface area contributed by atoms with Crippen LogP contribution in [0.2, 0.25) is 0 Å². The molecule has 2 aromatic rings. The van der Waals surface area contributed by atoms with Gasteiger partial charge >= 0.3 is 0 Å². The molecule has 0 bridgehead atoms. The zero-order valence-electron chi connectivity index (χ0n) is 12.2. The summed E-state index contributed by atoms with van der Waals surface area (Å²) in [6.45, 7) is 2.93. The van der Waals surface area contributed by atoms with Gasteiger partial charge in [-0.3, -0.25) is 4.79 Å². The highest BCUT2D eigenvalue weighted by molar-refractivity contribution is 6.08. The predicted molar refractivity (Wildman–Crippen MR) is 80.2 cm³/mol. The molecule has 0 spiro atoms. The van der Waals surface area contributed by atoms with Gasteiger partial charge in [-0.15, -0.1) is 0 Å². The molecule has 3 heteroatoms. The van der Waals surface area contributed by atoms with Crippen molar-refractivity contribution in [2.24, 2.45) is 7.05 Å². The SMILES string of the molecule is Cc1ccc2c(C(=O)CCC3CCCO3)cn(C)c2c1. The number of carbonyl (C=O) groups excluding carboxylic acids is 1. The van der Waals surface area contributed by atoms with E-state index >= 15 is 0 Å². The van der Waals surface area contributed by atoms with Crippen molar-refractivity contribution >= 4 is 16.7 Å². The van der Waals surface area contributed by atoms with Crippen molar-refractivity contribution in [1.29, 1.82) is 0 Å². The Bertz CT molecular complexity index is 636. The van der Waals surface area contributed by atoms with Gasteiger partial charge in [0.05, 0.1) is 6.10 Å². The Morgan fingerprint density at radius 3 is 3.05 bits per heavy atom. The molecule has 1 fully saturated rings. The van der Waals surface area contributed by atoms with Crippen LogP contribution in [0.1, 0.15) is 41.6 Å². The molecule has 1 saturated heterocycles. The smallest absolute Gasteiger partial charge is 0.165 e. The summed E-state index contributed by atoms with van der Waals surface area (Å²) in [6, 6.07) is 6.26. The molecule has 0 radical (unpaired) electrons. The van der Waals surface area contributed by atoms with Crippen LogP contribution in [-0.2, 0) is 11.8 Å². The van der Waals surface area contributed by atoms with Crippen LogP contribution in [0.15, 0.2) is 24.4 Å². The van der Waals surface area contributed by atoms with Gasteiger partial charge in [0.25, 0.3) is 0 Å². The number of Topliss-reactive ketones (excluding diaryl/α,β-unsaturated/α-hetero) is 1. The second kappa shape index (κ2) is 5.41. The van der Waals surface area contributed by atoms with E-state index in [0.717, 1.165) is 42.3 Å². The Hall–Kier alpha value is -1.61. The van der Waals surface area contributed by atoms with E-state index < -0.39 is 0 Å². The standard InChI is InChI=1S/C17H21NO2/c1-12-5-7-14-15(11-18(2)16(14)10-12)17(19)8-6-13-4-3-9-20-13/h5,7,10-11,13H,3-4,6,8-9H2,1-2H3. The van der Waals surface area contributed by atoms with E-state index in [1.54, 1.807) is 0 Å². The van der Waals surface area contributed by atoms with Crippen molar-refractivity contribution in [1.82, 2.24) is 4.57 Å². The number of benzene rings is 1. The fourth-order valence-corrected chi connectivity index (χ4v) is 3.01. The van der Waals surface area contributed by atoms with Gasteiger partial charge in [0.1, 0.15) is 0 Å². The molecule has 2 heterocycles. The minimum atomic E-state index is 0.231. The van der Waals surface area contributed by atoms with Gasteiger partial charge in [0, 0.05) is 42.7 Å². The quantitative estimate of drug-likeness (QED) is 0.795. The molecule has 1 atom stereocenters. The molecule has 0 aliphatic carbocycles. The molecule has 20 heavy (non-hydrogen) atoms. The summed E-state index contributed by atoms with van der Waals surface area (Å²) in [4.78, 5) is 12.4. The Morgan fingerprint density at radius 2 is 2.30 bits per heavy atom. The van der Waals surface area contributed by atoms with Crippen LogP contribution in [0.5, 0.6) is 0 Å². The van der Waals surface area contributed by atoms with Gasteiger partial charge in [-0.05, 0) is 37.8 Å². The van der Waals surface area contributed by atoms with Gasteiger partial charge in [0.2, 0.25) is 0 Å². The summed E-state index contributed by atoms with van der Waals surface area (Å²) in [6.07, 6.45) is 5.91. The van der Waals surface area contributed by atoms with E-state index in [1.807, 2.05) is 17.8 Å². The summed E-state index contributed by atoms with van der Waals surface area (Å²) >= 11 is 0. The van der Waals surface area contributed by atoms with Crippen LogP contribution in [-0.4, -0.2) is 23.1 Å². The first-order chi connectivity index (χ1) is 9.65. The van der Waals surface area contributed by atoms with Crippen LogP contribution in [0.25, 0.3) is 10.9 Å². The molecule has 1 unspecified atom stereocenters. The first kappa shape index (κ1) is 13.4. The monoisotopic (exact) mass is 271 g/mol. The fourth-order valence-electron chi connectivity index (χ4n) is 3.01. The Morgan fingerprint density at radius 1 is 1.45 bits per heavy atom. The third-order valence-corrected chi connectivity index (χ3v) is 4.16. The average molecular weight is 271 g/mol. The maximum absolute atomic E-state index is 12.4. The summed E-state index contributed by atoms with van der Waals surface area (Å²) < 4.78 is 7.63. The van der Waals surface area contributed by atoms with Gasteiger partial charge in [-0.1, -0.05) is 12.1 Å². The molecular formula is C17H21NO2. The summed E-state index contributed by atoms with van der Waals surface area (Å²) in [5.41, 5.74) is 3.20. The van der Waals surface area contributed by atoms with E-state index in [-0.39, 0.29) is 11.9 Å². The molecule has 0 saturated carbocycles. The second-order valence-electron chi connectivity index (χ2n) is 5.77. The molecular weight excluding hydrogens is 250 g/mol. The van der Waals surface area contributed by atoms with Crippen LogP contribution < -0.4 is 0 Å². The largest absolute Gasteiger partial charge is 0.378 e. The number of hydrogen-bond acceptors (Lipinski definition) is 2. The first-order valence-corrected chi connectivity index (χ1v) is 7.35. The highest BCUT2D eigenvalue weighted by Gasteiger charge is 2.19. The number of aryl methyl sites for hydroxylation is 2. The molecule has 1 aromatic heterocycles. The highest BCUT2D eigenvalue weighted by Crippen LogP contribution is 2.25. The number of nitrogens with zero attached hydrogens (tertiary/aromatic N) is 1. The van der Waals surface area contributed by atoms with E-state index in [9.17, 15) is 4.79 Å². The topological polar surface area (TPSA) is 31.2 Å². The summed E-state index contributed by atoms with van der Waals surface area (Å²) in [5.74, 6) is 0.231. The molecule has 0 amide bonds. The maximum Gasteiger partial charge on any atom is 0.165 e. The zero-order valence-corrected chi connectivity index (χ0v) is 12.2. The van der Waals surface area contributed by atoms with E-state index in [2.05, 4.69) is 25.1 Å². The zero-order chi connectivity index (χ0) is 14.1. The number of ketones is 1. The third-order valence-electron chi connectivity index (χ3n) is 4.16. The predicted octanol–water partition coefficient (Wildman–Crippen LogP) is 3.63. The lowest BCUT2D eigenvalue weighted by atomic mass is 10.0. The van der Waals surface area contributed by atoms with Crippen molar-refractivity contribution in [3.63, 3.8) is 0 Å². The highest BCUT2D eigenvalue weighted by atomic mass is 16.5. The van der Waals surface area contributed by atoms with Crippen LogP contribution >= 0.6 is 0 Å². The van der Waals surface area contributed by atoms with Crippen molar-refractivity contribution in [3.8, 4) is 0 Å². The minimum absolute atomic E-state index is 0.231. The maximum atomic E-state index is 12.4. The van der Waals surface area contributed by atoms with Gasteiger partial charge in [-0.25, -0.2) is 0 Å². The van der Waals surface area contributed by atoms with E-state index in [1.165, 1.54) is 5.56 Å². The Kier molecular flexibility index (Phi) is 3.62. The van der Waals surface area contributed by atoms with Crippen molar-refractivity contribution in [2.45, 2.75) is 38.7 Å². The second-order valence-corrected chi connectivity index (χ2v) is 5.77. The van der Waals surface area contributed by atoms with E-state index in [0.29, 0.717) is 6.42 Å². The average Bonchev–Trinajstić information content (AvgIpc) is 3.05. The van der Waals surface area contributed by atoms with E-state index in [4.69, 9.17) is 4.74 Å². The molecule has 3 rings (SSSR count). The third kappa shape index (κ3) is 2.50. The number of aromatic nitrogens is 1. The van der Waals surface area contributed by atoms with Crippen LogP contribution in [0.4, 0.5) is 0 Å². The lowest BCUT2D eigenvalue weighted by Crippen LogP contribution is -2.08. The van der Waals surface area contributed by atoms with Gasteiger partial charge in [-0.2, -0.15) is 0 Å². The molecule has 1 aromatic carbocycles. The number of rotatable bonds is 4. The number of fused-ring (bicyclic) bond motifs is 1. The molecule has 1 aliphatic heterocycles. The van der Waals surface area contributed by atoms with Crippen molar-refractivity contribution in [3.05, 3.63) is 35.5 Å². The normalized spacial score (nSPS) is 18.8. The molecule has 1 aliphatic rings. The van der Waals surface area contributed by atoms with Crippen molar-refractivity contribution in [2.75, 3.05) is 6.61 Å². The number of ether oxygens (including phenoxy) is 1. The van der Waals surface area contributed by atoms with Gasteiger partial charge in [0.15, 0.2) is 5.78 Å². The first-order valence-electron chi connectivity index (χ1n) is 7.35. The lowest BCUT2D eigenvalue weighted by Gasteiger charge is -2.07. The number of carbonyl (C=O) groups is 1. The lowest BCUT2D eigenvalue weighted by molar-refractivity contribution is 0.0860. The molecule has 0 N–H and O–H groups in total. The van der Waals surface area contributed by atoms with Crippen LogP contribution in [0.3, 0.4) is 0 Å². The summed E-state index contributed by atoms with van der Waals surface area (Å²) in [5, 5.41) is 1.07. The Labute approximate surface area is 119 Å².